The van der Waals surface area contributed by atoms with Crippen LogP contribution in [0.5, 0.6) is 0 Å². The Balaban J connectivity index is 1.74. The molecule has 5 nitrogen and oxygen atoms in total. The Hall–Kier alpha value is -2.21. The van der Waals surface area contributed by atoms with E-state index in [2.05, 4.69) is 18.9 Å². The van der Waals surface area contributed by atoms with E-state index in [0.29, 0.717) is 55.8 Å². The number of benzene rings is 2. The van der Waals surface area contributed by atoms with Gasteiger partial charge in [-0.3, -0.25) is 9.80 Å². The molecule has 1 aliphatic carbocycles. The molecule has 2 aromatic carbocycles. The van der Waals surface area contributed by atoms with Crippen LogP contribution in [0.2, 0.25) is 15.1 Å². The lowest BCUT2D eigenvalue weighted by Gasteiger charge is -2.38. The van der Waals surface area contributed by atoms with Crippen molar-refractivity contribution in [3.63, 3.8) is 0 Å². The first kappa shape index (κ1) is 23.5. The lowest BCUT2D eigenvalue weighted by Crippen LogP contribution is -2.42. The van der Waals surface area contributed by atoms with Crippen molar-refractivity contribution in [2.24, 2.45) is 5.10 Å². The number of rotatable bonds is 2. The van der Waals surface area contributed by atoms with E-state index in [-0.39, 0.29) is 23.4 Å². The molecule has 3 atom stereocenters. The van der Waals surface area contributed by atoms with Crippen LogP contribution in [-0.2, 0) is 6.42 Å². The van der Waals surface area contributed by atoms with Gasteiger partial charge in [0.25, 0.3) is 0 Å². The molecule has 1 aromatic heterocycles. The molecular formula is C26H26Cl3N3O2. The van der Waals surface area contributed by atoms with Gasteiger partial charge in [-0.05, 0) is 87.8 Å². The van der Waals surface area contributed by atoms with E-state index >= 15 is 0 Å². The Labute approximate surface area is 213 Å². The molecule has 1 fully saturated rings. The fourth-order valence-electron chi connectivity index (χ4n) is 5.41. The highest BCUT2D eigenvalue weighted by molar-refractivity contribution is 6.35. The second-order valence-electron chi connectivity index (χ2n) is 9.45. The fraction of sp³-hybridized carbons (Fsp3) is 0.385. The summed E-state index contributed by atoms with van der Waals surface area (Å²) in [5.41, 5.74) is 2.87. The van der Waals surface area contributed by atoms with Gasteiger partial charge in [0.15, 0.2) is 5.43 Å². The second kappa shape index (κ2) is 9.10. The van der Waals surface area contributed by atoms with Crippen LogP contribution in [0.3, 0.4) is 0 Å². The molecule has 3 unspecified atom stereocenters. The Morgan fingerprint density at radius 3 is 2.35 bits per heavy atom. The highest BCUT2D eigenvalue weighted by Crippen LogP contribution is 2.38. The van der Waals surface area contributed by atoms with Gasteiger partial charge < -0.3 is 5.21 Å². The Morgan fingerprint density at radius 1 is 0.971 bits per heavy atom. The summed E-state index contributed by atoms with van der Waals surface area (Å²) in [5.74, 6) is -0.0611. The van der Waals surface area contributed by atoms with Gasteiger partial charge in [0.05, 0.1) is 27.9 Å². The van der Waals surface area contributed by atoms with Gasteiger partial charge in [0, 0.05) is 27.2 Å². The van der Waals surface area contributed by atoms with Crippen LogP contribution in [0.4, 0.5) is 0 Å². The van der Waals surface area contributed by atoms with E-state index in [4.69, 9.17) is 39.9 Å². The van der Waals surface area contributed by atoms with E-state index in [1.54, 1.807) is 24.3 Å². The number of hydrogen-bond acceptors (Lipinski definition) is 4. The van der Waals surface area contributed by atoms with Gasteiger partial charge in [-0.15, -0.1) is 0 Å². The van der Waals surface area contributed by atoms with Gasteiger partial charge >= 0.3 is 0 Å². The molecule has 8 heteroatoms. The number of fused-ring (bicyclic) bond motifs is 2. The van der Waals surface area contributed by atoms with E-state index in [1.165, 1.54) is 0 Å². The molecule has 5 rings (SSSR count). The number of aromatic nitrogens is 1. The van der Waals surface area contributed by atoms with E-state index in [0.717, 1.165) is 29.6 Å². The normalized spacial score (nSPS) is 24.0. The monoisotopic (exact) mass is 517 g/mol. The first-order valence-corrected chi connectivity index (χ1v) is 12.8. The van der Waals surface area contributed by atoms with Gasteiger partial charge in [0.2, 0.25) is 0 Å². The summed E-state index contributed by atoms with van der Waals surface area (Å²) < 4.78 is 1.12. The van der Waals surface area contributed by atoms with E-state index in [1.807, 2.05) is 12.1 Å². The molecule has 2 aliphatic rings. The summed E-state index contributed by atoms with van der Waals surface area (Å²) in [6.07, 6.45) is 4.25. The van der Waals surface area contributed by atoms with Gasteiger partial charge in [-0.2, -0.15) is 9.83 Å². The van der Waals surface area contributed by atoms with Gasteiger partial charge in [0.1, 0.15) is 0 Å². The maximum absolute atomic E-state index is 13.7. The van der Waals surface area contributed by atoms with Crippen LogP contribution >= 0.6 is 34.8 Å². The largest absolute Gasteiger partial charge is 0.428 e. The van der Waals surface area contributed by atoms with Crippen LogP contribution in [0.25, 0.3) is 10.9 Å². The summed E-state index contributed by atoms with van der Waals surface area (Å²) in [6, 6.07) is 11.0. The Bertz CT molecular complexity index is 1360. The standard InChI is InChI=1S/C26H26Cl3N3O2/c1-14-4-3-5-15(2)31(14)30-22-10-16(19-8-6-18(28)13-21(19)29)11-24-25(22)26(33)20-12-17(27)7-9-23(20)32(24)34/h6-9,12-16,34H,3-5,10-11H2,1-2H3/b30-22+. The SMILES string of the molecule is CC1CCCC(C)N1/N=C1\CC(c2ccc(Cl)cc2Cl)Cc2c1c(=O)c1cc(Cl)ccc1n2O. The van der Waals surface area contributed by atoms with Crippen molar-refractivity contribution in [2.75, 3.05) is 0 Å². The summed E-state index contributed by atoms with van der Waals surface area (Å²) in [7, 11) is 0. The minimum absolute atomic E-state index is 0.0611. The smallest absolute Gasteiger partial charge is 0.199 e. The molecule has 0 amide bonds. The van der Waals surface area contributed by atoms with Crippen molar-refractivity contribution in [3.8, 4) is 0 Å². The average molecular weight is 519 g/mol. The zero-order valence-electron chi connectivity index (χ0n) is 19.1. The van der Waals surface area contributed by atoms with Crippen molar-refractivity contribution in [3.05, 3.63) is 78.5 Å². The zero-order valence-corrected chi connectivity index (χ0v) is 21.3. The molecule has 1 N–H and O–H groups in total. The van der Waals surface area contributed by atoms with Crippen LogP contribution in [-0.4, -0.2) is 32.7 Å². The predicted octanol–water partition coefficient (Wildman–Crippen LogP) is 6.90. The lowest BCUT2D eigenvalue weighted by molar-refractivity contribution is 0.108. The highest BCUT2D eigenvalue weighted by Gasteiger charge is 2.34. The third kappa shape index (κ3) is 4.08. The molecule has 178 valence electrons. The zero-order chi connectivity index (χ0) is 24.1. The van der Waals surface area contributed by atoms with Crippen molar-refractivity contribution >= 4 is 51.4 Å². The van der Waals surface area contributed by atoms with Crippen molar-refractivity contribution in [1.82, 2.24) is 9.74 Å². The number of hydrogen-bond donors (Lipinski definition) is 1. The van der Waals surface area contributed by atoms with Gasteiger partial charge in [-0.25, -0.2) is 0 Å². The average Bonchev–Trinajstić information content (AvgIpc) is 2.79. The minimum Gasteiger partial charge on any atom is -0.428 e. The first-order chi connectivity index (χ1) is 16.2. The molecule has 1 aliphatic heterocycles. The molecule has 34 heavy (non-hydrogen) atoms. The van der Waals surface area contributed by atoms with E-state index < -0.39 is 0 Å². The topological polar surface area (TPSA) is 57.8 Å². The number of nitrogens with zero attached hydrogens (tertiary/aromatic N) is 3. The van der Waals surface area contributed by atoms with Crippen molar-refractivity contribution in [2.45, 2.75) is 64.0 Å². The summed E-state index contributed by atoms with van der Waals surface area (Å²) in [6.45, 7) is 4.34. The fourth-order valence-corrected chi connectivity index (χ4v) is 6.14. The van der Waals surface area contributed by atoms with Crippen LogP contribution in [0, 0.1) is 0 Å². The maximum Gasteiger partial charge on any atom is 0.199 e. The van der Waals surface area contributed by atoms with Crippen molar-refractivity contribution < 1.29 is 5.21 Å². The Kier molecular flexibility index (Phi) is 6.30. The van der Waals surface area contributed by atoms with Crippen molar-refractivity contribution in [1.29, 1.82) is 0 Å². The summed E-state index contributed by atoms with van der Waals surface area (Å²) >= 11 is 18.9. The predicted molar refractivity (Wildman–Crippen MR) is 139 cm³/mol. The molecule has 3 aromatic rings. The minimum atomic E-state index is -0.158. The first-order valence-electron chi connectivity index (χ1n) is 11.6. The van der Waals surface area contributed by atoms with Crippen LogP contribution in [0.15, 0.2) is 46.3 Å². The molecule has 0 saturated carbocycles. The summed E-state index contributed by atoms with van der Waals surface area (Å²) in [4.78, 5) is 13.7. The molecular weight excluding hydrogens is 493 g/mol. The third-order valence-corrected chi connectivity index (χ3v) is 7.95. The van der Waals surface area contributed by atoms with Gasteiger partial charge in [-0.1, -0.05) is 40.9 Å². The molecule has 2 heterocycles. The van der Waals surface area contributed by atoms with E-state index in [9.17, 15) is 10.0 Å². The highest BCUT2D eigenvalue weighted by atomic mass is 35.5. The van der Waals surface area contributed by atoms with Crippen LogP contribution < -0.4 is 5.43 Å². The maximum atomic E-state index is 13.7. The number of pyridine rings is 1. The molecule has 0 spiro atoms. The molecule has 0 bridgehead atoms. The third-order valence-electron chi connectivity index (χ3n) is 7.16. The molecule has 0 radical (unpaired) electrons. The number of halogens is 3. The number of piperidine rings is 1. The summed E-state index contributed by atoms with van der Waals surface area (Å²) in [5, 5.41) is 20.4. The quantitative estimate of drug-likeness (QED) is 0.376. The lowest BCUT2D eigenvalue weighted by atomic mass is 9.80. The Morgan fingerprint density at radius 2 is 1.65 bits per heavy atom. The van der Waals surface area contributed by atoms with Crippen LogP contribution in [0.1, 0.15) is 62.3 Å². The molecule has 1 saturated heterocycles. The number of hydrazone groups is 1. The second-order valence-corrected chi connectivity index (χ2v) is 10.7.